The molecule has 1 atom stereocenters. The number of hydrogen-bond donors (Lipinski definition) is 2. The number of thiazole rings is 1. The third-order valence-electron chi connectivity index (χ3n) is 2.95. The van der Waals surface area contributed by atoms with Crippen molar-refractivity contribution in [3.05, 3.63) is 39.8 Å². The summed E-state index contributed by atoms with van der Waals surface area (Å²) in [5.74, 6) is 1.02. The molecule has 0 amide bonds. The topological polar surface area (TPSA) is 54.4 Å². The Morgan fingerprint density at radius 3 is 2.89 bits per heavy atom. The Hall–Kier alpha value is -1.59. The van der Waals surface area contributed by atoms with Crippen LogP contribution in [-0.4, -0.2) is 17.2 Å². The van der Waals surface area contributed by atoms with Crippen LogP contribution in [0, 0.1) is 6.92 Å². The van der Waals surface area contributed by atoms with Crippen molar-refractivity contribution >= 4 is 11.3 Å². The van der Waals surface area contributed by atoms with E-state index in [1.807, 2.05) is 26.1 Å². The minimum Gasteiger partial charge on any atom is -0.508 e. The first-order valence-corrected chi connectivity index (χ1v) is 6.93. The number of aryl methyl sites for hydroxylation is 1. The number of aromatic hydroxyl groups is 1. The number of aromatic nitrogens is 1. The number of nitrogens with zero attached hydrogens (tertiary/aromatic N) is 1. The largest absolute Gasteiger partial charge is 0.508 e. The number of benzene rings is 1. The average molecular weight is 278 g/mol. The molecule has 2 rings (SSSR count). The van der Waals surface area contributed by atoms with Crippen molar-refractivity contribution < 1.29 is 9.84 Å². The minimum absolute atomic E-state index is 0.0394. The van der Waals surface area contributed by atoms with Gasteiger partial charge in [0.25, 0.3) is 0 Å². The van der Waals surface area contributed by atoms with Crippen LogP contribution in [0.3, 0.4) is 0 Å². The van der Waals surface area contributed by atoms with Crippen LogP contribution in [0.2, 0.25) is 0 Å². The van der Waals surface area contributed by atoms with E-state index in [0.717, 1.165) is 22.9 Å². The average Bonchev–Trinajstić information content (AvgIpc) is 2.82. The van der Waals surface area contributed by atoms with Gasteiger partial charge in [0.15, 0.2) is 0 Å². The zero-order valence-corrected chi connectivity index (χ0v) is 12.1. The lowest BCUT2D eigenvalue weighted by molar-refractivity contribution is 0.407. The van der Waals surface area contributed by atoms with Crippen molar-refractivity contribution in [2.24, 2.45) is 0 Å². The highest BCUT2D eigenvalue weighted by Gasteiger charge is 2.11. The van der Waals surface area contributed by atoms with Gasteiger partial charge in [0.2, 0.25) is 0 Å². The van der Waals surface area contributed by atoms with Crippen LogP contribution in [-0.2, 0) is 6.54 Å². The van der Waals surface area contributed by atoms with E-state index in [2.05, 4.69) is 10.3 Å². The molecule has 1 unspecified atom stereocenters. The summed E-state index contributed by atoms with van der Waals surface area (Å²) in [5.41, 5.74) is 0.834. The minimum atomic E-state index is 0.0394. The van der Waals surface area contributed by atoms with Gasteiger partial charge < -0.3 is 15.2 Å². The molecule has 1 aromatic carbocycles. The number of ether oxygens (including phenoxy) is 1. The highest BCUT2D eigenvalue weighted by Crippen LogP contribution is 2.28. The maximum Gasteiger partial charge on any atom is 0.120 e. The standard InChI is InChI=1S/C14H18N2O2S/c1-9(15-7-12-8-16-10(2)19-12)13-6-11(18-3)4-5-14(13)17/h4-6,8-9,15,17H,7H2,1-3H3. The molecule has 0 aliphatic heterocycles. The van der Waals surface area contributed by atoms with Gasteiger partial charge in [-0.2, -0.15) is 0 Å². The molecule has 1 aromatic heterocycles. The monoisotopic (exact) mass is 278 g/mol. The van der Waals surface area contributed by atoms with Gasteiger partial charge in [-0.1, -0.05) is 0 Å². The Kier molecular flexibility index (Phi) is 4.39. The Morgan fingerprint density at radius 1 is 1.47 bits per heavy atom. The lowest BCUT2D eigenvalue weighted by Gasteiger charge is -2.16. The van der Waals surface area contributed by atoms with Crippen LogP contribution < -0.4 is 10.1 Å². The van der Waals surface area contributed by atoms with Crippen LogP contribution in [0.5, 0.6) is 11.5 Å². The smallest absolute Gasteiger partial charge is 0.120 e. The van der Waals surface area contributed by atoms with Crippen molar-refractivity contribution in [2.45, 2.75) is 26.4 Å². The normalized spacial score (nSPS) is 12.4. The molecule has 102 valence electrons. The summed E-state index contributed by atoms with van der Waals surface area (Å²) in [4.78, 5) is 5.41. The maximum atomic E-state index is 9.90. The lowest BCUT2D eigenvalue weighted by atomic mass is 10.1. The van der Waals surface area contributed by atoms with Crippen molar-refractivity contribution in [3.63, 3.8) is 0 Å². The lowest BCUT2D eigenvalue weighted by Crippen LogP contribution is -2.17. The molecule has 2 N–H and O–H groups in total. The first-order chi connectivity index (χ1) is 9.10. The van der Waals surface area contributed by atoms with E-state index in [0.29, 0.717) is 0 Å². The van der Waals surface area contributed by atoms with Crippen LogP contribution in [0.15, 0.2) is 24.4 Å². The van der Waals surface area contributed by atoms with Crippen molar-refractivity contribution in [1.82, 2.24) is 10.3 Å². The second kappa shape index (κ2) is 6.04. The molecule has 0 saturated heterocycles. The third-order valence-corrected chi connectivity index (χ3v) is 3.87. The zero-order valence-electron chi connectivity index (χ0n) is 11.3. The van der Waals surface area contributed by atoms with Crippen LogP contribution in [0.4, 0.5) is 0 Å². The van der Waals surface area contributed by atoms with Gasteiger partial charge in [-0.3, -0.25) is 0 Å². The molecule has 5 heteroatoms. The second-order valence-electron chi connectivity index (χ2n) is 4.37. The Bertz CT molecular complexity index is 554. The van der Waals surface area contributed by atoms with Gasteiger partial charge in [-0.15, -0.1) is 11.3 Å². The van der Waals surface area contributed by atoms with Gasteiger partial charge in [0.05, 0.1) is 12.1 Å². The van der Waals surface area contributed by atoms with E-state index in [4.69, 9.17) is 4.74 Å². The molecule has 1 heterocycles. The fourth-order valence-corrected chi connectivity index (χ4v) is 2.60. The number of phenolic OH excluding ortho intramolecular Hbond substituents is 1. The fourth-order valence-electron chi connectivity index (χ4n) is 1.86. The molecule has 0 spiro atoms. The Labute approximate surface area is 117 Å². The van der Waals surface area contributed by atoms with E-state index in [1.165, 1.54) is 4.88 Å². The molecule has 0 aliphatic carbocycles. The van der Waals surface area contributed by atoms with E-state index < -0.39 is 0 Å². The SMILES string of the molecule is COc1ccc(O)c(C(C)NCc2cnc(C)s2)c1. The summed E-state index contributed by atoms with van der Waals surface area (Å²) in [6.07, 6.45) is 1.88. The molecule has 0 radical (unpaired) electrons. The van der Waals surface area contributed by atoms with Crippen molar-refractivity contribution in [3.8, 4) is 11.5 Å². The van der Waals surface area contributed by atoms with Gasteiger partial charge >= 0.3 is 0 Å². The summed E-state index contributed by atoms with van der Waals surface area (Å²) < 4.78 is 5.18. The highest BCUT2D eigenvalue weighted by molar-refractivity contribution is 7.11. The second-order valence-corrected chi connectivity index (χ2v) is 5.69. The number of hydrogen-bond acceptors (Lipinski definition) is 5. The van der Waals surface area contributed by atoms with E-state index in [9.17, 15) is 5.11 Å². The number of methoxy groups -OCH3 is 1. The van der Waals surface area contributed by atoms with E-state index >= 15 is 0 Å². The molecule has 2 aromatic rings. The van der Waals surface area contributed by atoms with Crippen LogP contribution in [0.1, 0.15) is 28.4 Å². The number of phenols is 1. The van der Waals surface area contributed by atoms with E-state index in [1.54, 1.807) is 30.6 Å². The molecule has 0 bridgehead atoms. The van der Waals surface area contributed by atoms with Gasteiger partial charge in [-0.25, -0.2) is 4.98 Å². The van der Waals surface area contributed by atoms with Gasteiger partial charge in [-0.05, 0) is 32.0 Å². The van der Waals surface area contributed by atoms with Crippen LogP contribution in [0.25, 0.3) is 0 Å². The Balaban J connectivity index is 2.04. The van der Waals surface area contributed by atoms with Crippen LogP contribution >= 0.6 is 11.3 Å². The molecule has 19 heavy (non-hydrogen) atoms. The molecule has 0 fully saturated rings. The molecule has 0 saturated carbocycles. The maximum absolute atomic E-state index is 9.90. The zero-order chi connectivity index (χ0) is 13.8. The number of rotatable bonds is 5. The summed E-state index contributed by atoms with van der Waals surface area (Å²) in [6, 6.07) is 5.30. The summed E-state index contributed by atoms with van der Waals surface area (Å²) >= 11 is 1.68. The summed E-state index contributed by atoms with van der Waals surface area (Å²) in [5, 5.41) is 14.3. The quantitative estimate of drug-likeness (QED) is 0.882. The molecular formula is C14H18N2O2S. The number of nitrogens with one attached hydrogen (secondary N) is 1. The van der Waals surface area contributed by atoms with Crippen molar-refractivity contribution in [2.75, 3.05) is 7.11 Å². The first kappa shape index (κ1) is 13.8. The summed E-state index contributed by atoms with van der Waals surface area (Å²) in [6.45, 7) is 4.75. The Morgan fingerprint density at radius 2 is 2.26 bits per heavy atom. The fraction of sp³-hybridized carbons (Fsp3) is 0.357. The highest BCUT2D eigenvalue weighted by atomic mass is 32.1. The first-order valence-electron chi connectivity index (χ1n) is 6.11. The van der Waals surface area contributed by atoms with Gasteiger partial charge in [0.1, 0.15) is 11.5 Å². The summed E-state index contributed by atoms with van der Waals surface area (Å²) in [7, 11) is 1.62. The van der Waals surface area contributed by atoms with Gasteiger partial charge in [0, 0.05) is 29.2 Å². The molecule has 0 aliphatic rings. The predicted octanol–water partition coefficient (Wildman–Crippen LogP) is 3.02. The van der Waals surface area contributed by atoms with Crippen molar-refractivity contribution in [1.29, 1.82) is 0 Å². The third kappa shape index (κ3) is 3.45. The predicted molar refractivity (Wildman–Crippen MR) is 76.8 cm³/mol. The van der Waals surface area contributed by atoms with E-state index in [-0.39, 0.29) is 11.8 Å². The molecule has 4 nitrogen and oxygen atoms in total. The molecular weight excluding hydrogens is 260 g/mol.